The van der Waals surface area contributed by atoms with Gasteiger partial charge in [-0.05, 0) is 74.4 Å². The molecule has 0 saturated heterocycles. The molecule has 1 atom stereocenters. The van der Waals surface area contributed by atoms with Crippen LogP contribution >= 0.6 is 0 Å². The third kappa shape index (κ3) is 5.14. The third-order valence-corrected chi connectivity index (χ3v) is 8.90. The number of hydrogen-bond donors (Lipinski definition) is 0. The van der Waals surface area contributed by atoms with Gasteiger partial charge in [0, 0.05) is 18.5 Å². The summed E-state index contributed by atoms with van der Waals surface area (Å²) in [6.45, 7) is 7.25. The number of nitrogens with zero attached hydrogens (tertiary/aromatic N) is 1. The zero-order valence-electron chi connectivity index (χ0n) is 20.7. The molecule has 35 heavy (non-hydrogen) atoms. The first kappa shape index (κ1) is 25.0. The van der Waals surface area contributed by atoms with Crippen molar-refractivity contribution >= 4 is 21.6 Å². The Morgan fingerprint density at radius 2 is 1.57 bits per heavy atom. The molecular weight excluding hydrogens is 458 g/mol. The highest BCUT2D eigenvalue weighted by atomic mass is 32.2. The number of aryl methyl sites for hydroxylation is 4. The first-order valence-electron chi connectivity index (χ1n) is 11.9. The van der Waals surface area contributed by atoms with Gasteiger partial charge in [-0.3, -0.25) is 9.59 Å². The Bertz CT molecular complexity index is 1380. The Morgan fingerprint density at radius 3 is 2.23 bits per heavy atom. The second kappa shape index (κ2) is 9.88. The molecule has 4 rings (SSSR count). The van der Waals surface area contributed by atoms with Crippen LogP contribution in [0.3, 0.4) is 0 Å². The molecule has 5 nitrogen and oxygen atoms in total. The van der Waals surface area contributed by atoms with Crippen LogP contribution in [0.15, 0.2) is 65.6 Å². The number of sulfonamides is 1. The summed E-state index contributed by atoms with van der Waals surface area (Å²) in [4.78, 5) is 25.5. The van der Waals surface area contributed by atoms with Crippen LogP contribution in [0.5, 0.6) is 0 Å². The highest BCUT2D eigenvalue weighted by Crippen LogP contribution is 2.33. The molecule has 0 spiro atoms. The smallest absolute Gasteiger partial charge is 0.244 e. The van der Waals surface area contributed by atoms with E-state index in [0.717, 1.165) is 22.3 Å². The number of rotatable bonds is 7. The highest BCUT2D eigenvalue weighted by molar-refractivity contribution is 7.89. The van der Waals surface area contributed by atoms with Gasteiger partial charge in [0.25, 0.3) is 0 Å². The summed E-state index contributed by atoms with van der Waals surface area (Å²) < 4.78 is 29.4. The Balaban J connectivity index is 1.68. The molecule has 0 aromatic heterocycles. The molecule has 0 radical (unpaired) electrons. The van der Waals surface area contributed by atoms with E-state index in [9.17, 15) is 18.0 Å². The fourth-order valence-electron chi connectivity index (χ4n) is 5.10. The van der Waals surface area contributed by atoms with Crippen molar-refractivity contribution in [2.75, 3.05) is 0 Å². The minimum Gasteiger partial charge on any atom is -0.298 e. The van der Waals surface area contributed by atoms with Crippen molar-refractivity contribution < 1.29 is 18.0 Å². The van der Waals surface area contributed by atoms with Crippen LogP contribution in [0.4, 0.5) is 0 Å². The second-order valence-corrected chi connectivity index (χ2v) is 11.3. The van der Waals surface area contributed by atoms with Crippen molar-refractivity contribution in [1.29, 1.82) is 0 Å². The fourth-order valence-corrected chi connectivity index (χ4v) is 7.10. The van der Waals surface area contributed by atoms with Gasteiger partial charge in [0.05, 0.1) is 10.9 Å². The van der Waals surface area contributed by atoms with Crippen molar-refractivity contribution in [1.82, 2.24) is 4.31 Å². The van der Waals surface area contributed by atoms with E-state index in [4.69, 9.17) is 0 Å². The monoisotopic (exact) mass is 489 g/mol. The lowest BCUT2D eigenvalue weighted by Gasteiger charge is -2.36. The number of carbonyl (C=O) groups is 2. The summed E-state index contributed by atoms with van der Waals surface area (Å²) in [6, 6.07) is 18.0. The van der Waals surface area contributed by atoms with Crippen LogP contribution in [0.25, 0.3) is 0 Å². The minimum atomic E-state index is -3.91. The number of hydrogen-bond acceptors (Lipinski definition) is 4. The second-order valence-electron chi connectivity index (χ2n) is 9.49. The minimum absolute atomic E-state index is 0.0248. The maximum Gasteiger partial charge on any atom is 0.244 e. The van der Waals surface area contributed by atoms with Crippen LogP contribution in [-0.4, -0.2) is 30.3 Å². The average Bonchev–Trinajstić information content (AvgIpc) is 2.81. The molecule has 1 unspecified atom stereocenters. The summed E-state index contributed by atoms with van der Waals surface area (Å²) in [5.74, 6) is -0.137. The van der Waals surface area contributed by atoms with Crippen molar-refractivity contribution in [3.05, 3.63) is 99.6 Å². The van der Waals surface area contributed by atoms with Crippen LogP contribution in [0.2, 0.25) is 0 Å². The van der Waals surface area contributed by atoms with Crippen LogP contribution in [0, 0.1) is 20.8 Å². The quantitative estimate of drug-likeness (QED) is 0.431. The molecule has 182 valence electrons. The van der Waals surface area contributed by atoms with E-state index < -0.39 is 16.1 Å². The summed E-state index contributed by atoms with van der Waals surface area (Å²) in [6.07, 6.45) is 1.01. The molecule has 0 saturated carbocycles. The van der Waals surface area contributed by atoms with E-state index in [1.54, 1.807) is 12.1 Å². The van der Waals surface area contributed by atoms with Crippen molar-refractivity contribution in [3.8, 4) is 0 Å². The van der Waals surface area contributed by atoms with E-state index in [0.29, 0.717) is 29.5 Å². The Labute approximate surface area is 207 Å². The summed E-state index contributed by atoms with van der Waals surface area (Å²) >= 11 is 0. The molecule has 3 aromatic rings. The lowest BCUT2D eigenvalue weighted by Crippen LogP contribution is -2.48. The Morgan fingerprint density at radius 1 is 0.914 bits per heavy atom. The van der Waals surface area contributed by atoms with Gasteiger partial charge in [-0.15, -0.1) is 0 Å². The zero-order chi connectivity index (χ0) is 25.3. The molecular formula is C29H31NO4S. The molecule has 6 heteroatoms. The fraction of sp³-hybridized carbons (Fsp3) is 0.310. The van der Waals surface area contributed by atoms with Gasteiger partial charge in [-0.1, -0.05) is 60.2 Å². The van der Waals surface area contributed by atoms with Gasteiger partial charge in [-0.2, -0.15) is 4.31 Å². The van der Waals surface area contributed by atoms with Crippen LogP contribution in [0.1, 0.15) is 57.1 Å². The van der Waals surface area contributed by atoms with Crippen molar-refractivity contribution in [2.24, 2.45) is 0 Å². The van der Waals surface area contributed by atoms with Crippen LogP contribution in [-0.2, 0) is 34.2 Å². The van der Waals surface area contributed by atoms with Gasteiger partial charge in [-0.25, -0.2) is 8.42 Å². The number of ketones is 2. The molecule has 1 aliphatic heterocycles. The Kier molecular flexibility index (Phi) is 7.06. The van der Waals surface area contributed by atoms with Crippen molar-refractivity contribution in [3.63, 3.8) is 0 Å². The van der Waals surface area contributed by atoms with Gasteiger partial charge in [0.2, 0.25) is 10.0 Å². The van der Waals surface area contributed by atoms with E-state index in [-0.39, 0.29) is 29.4 Å². The lowest BCUT2D eigenvalue weighted by atomic mass is 9.91. The first-order valence-corrected chi connectivity index (χ1v) is 13.3. The number of fused-ring (bicyclic) bond motifs is 1. The molecule has 1 heterocycles. The predicted octanol–water partition coefficient (Wildman–Crippen LogP) is 5.13. The maximum absolute atomic E-state index is 14.0. The normalized spacial score (nSPS) is 16.1. The number of Topliss-reactive ketones (excluding diaryl/α,β-unsaturated/α-hetero) is 2. The van der Waals surface area contributed by atoms with E-state index >= 15 is 0 Å². The molecule has 1 aliphatic rings. The topological polar surface area (TPSA) is 71.5 Å². The number of carbonyl (C=O) groups excluding carboxylic acids is 2. The van der Waals surface area contributed by atoms with Gasteiger partial charge < -0.3 is 0 Å². The molecule has 0 fully saturated rings. The number of benzene rings is 3. The largest absolute Gasteiger partial charge is 0.298 e. The van der Waals surface area contributed by atoms with E-state index in [2.05, 4.69) is 0 Å². The molecule has 3 aromatic carbocycles. The van der Waals surface area contributed by atoms with Gasteiger partial charge >= 0.3 is 0 Å². The molecule has 0 bridgehead atoms. The standard InChI is InChI=1S/C29H31NO4S/c1-19-14-20(2)29(21(3)15-19)35(33,34)30-18-26-10-6-5-9-25(26)17-27(30)28(32)13-12-23-8-7-11-24(16-23)22(4)31/h5-11,14-16,27H,12-13,17-18H2,1-4H3. The SMILES string of the molecule is CC(=O)c1cccc(CCC(=O)C2Cc3ccccc3CN2S(=O)(=O)c2c(C)cc(C)cc2C)c1. The van der Waals surface area contributed by atoms with E-state index in [1.807, 2.05) is 69.3 Å². The molecule has 0 amide bonds. The van der Waals surface area contributed by atoms with Gasteiger partial charge in [0.1, 0.15) is 0 Å². The van der Waals surface area contributed by atoms with Crippen molar-refractivity contribution in [2.45, 2.75) is 64.4 Å². The van der Waals surface area contributed by atoms with Crippen LogP contribution < -0.4 is 0 Å². The predicted molar refractivity (Wildman–Crippen MR) is 137 cm³/mol. The summed E-state index contributed by atoms with van der Waals surface area (Å²) in [7, 11) is -3.91. The summed E-state index contributed by atoms with van der Waals surface area (Å²) in [5, 5.41) is 0. The molecule has 0 N–H and O–H groups in total. The maximum atomic E-state index is 14.0. The zero-order valence-corrected chi connectivity index (χ0v) is 21.5. The average molecular weight is 490 g/mol. The van der Waals surface area contributed by atoms with Gasteiger partial charge in [0.15, 0.2) is 11.6 Å². The first-order chi connectivity index (χ1) is 16.6. The molecule has 0 aliphatic carbocycles. The lowest BCUT2D eigenvalue weighted by molar-refractivity contribution is -0.123. The third-order valence-electron chi connectivity index (χ3n) is 6.74. The summed E-state index contributed by atoms with van der Waals surface area (Å²) in [5.41, 5.74) is 5.81. The van der Waals surface area contributed by atoms with E-state index in [1.165, 1.54) is 11.2 Å². The Hall–Kier alpha value is -3.09. The highest BCUT2D eigenvalue weighted by Gasteiger charge is 2.40.